The number of urea groups is 1. The Kier molecular flexibility index (Phi) is 6.58. The maximum absolute atomic E-state index is 11.9. The number of methoxy groups -OCH3 is 1. The number of piperazine rings is 1. The summed E-state index contributed by atoms with van der Waals surface area (Å²) in [6.07, 6.45) is 0.116. The van der Waals surface area contributed by atoms with E-state index in [1.54, 1.807) is 4.90 Å². The van der Waals surface area contributed by atoms with E-state index in [1.807, 2.05) is 0 Å². The van der Waals surface area contributed by atoms with E-state index in [1.165, 1.54) is 7.11 Å². The lowest BCUT2D eigenvalue weighted by Gasteiger charge is -2.34. The van der Waals surface area contributed by atoms with Crippen molar-refractivity contribution in [2.75, 3.05) is 46.4 Å². The number of rotatable bonds is 6. The Morgan fingerprint density at radius 3 is 2.42 bits per heavy atom. The fourth-order valence-electron chi connectivity index (χ4n) is 2.05. The molecule has 1 atom stereocenters. The zero-order valence-corrected chi connectivity index (χ0v) is 11.6. The number of carboxylic acid groups (broad SMARTS) is 1. The number of nitrogens with one attached hydrogen (secondary N) is 1. The van der Waals surface area contributed by atoms with Gasteiger partial charge in [0.05, 0.1) is 6.54 Å². The average Bonchev–Trinajstić information content (AvgIpc) is 2.40. The monoisotopic (exact) mass is 273 g/mol. The van der Waals surface area contributed by atoms with Gasteiger partial charge in [0.25, 0.3) is 0 Å². The van der Waals surface area contributed by atoms with Gasteiger partial charge in [-0.05, 0) is 13.0 Å². The van der Waals surface area contributed by atoms with Crippen LogP contribution in [0, 0.1) is 0 Å². The Labute approximate surface area is 113 Å². The van der Waals surface area contributed by atoms with Gasteiger partial charge in [-0.2, -0.15) is 0 Å². The maximum atomic E-state index is 11.9. The van der Waals surface area contributed by atoms with Gasteiger partial charge in [0, 0.05) is 33.3 Å². The molecule has 110 valence electrons. The van der Waals surface area contributed by atoms with E-state index in [0.717, 1.165) is 26.1 Å². The topological polar surface area (TPSA) is 82.1 Å². The van der Waals surface area contributed by atoms with Gasteiger partial charge in [0.2, 0.25) is 0 Å². The number of hydrogen-bond donors (Lipinski definition) is 2. The second-order valence-corrected chi connectivity index (χ2v) is 4.58. The zero-order valence-electron chi connectivity index (χ0n) is 11.6. The molecule has 7 heteroatoms. The first kappa shape index (κ1) is 15.7. The number of aliphatic carboxylic acids is 1. The summed E-state index contributed by atoms with van der Waals surface area (Å²) in [4.78, 5) is 26.6. The molecule has 1 aliphatic rings. The highest BCUT2D eigenvalue weighted by Gasteiger charge is 2.22. The number of carboxylic acids is 1. The van der Waals surface area contributed by atoms with Crippen molar-refractivity contribution in [1.82, 2.24) is 15.1 Å². The quantitative estimate of drug-likeness (QED) is 0.702. The van der Waals surface area contributed by atoms with Crippen molar-refractivity contribution in [2.45, 2.75) is 19.4 Å². The molecule has 19 heavy (non-hydrogen) atoms. The lowest BCUT2D eigenvalue weighted by Crippen LogP contribution is -2.53. The van der Waals surface area contributed by atoms with Crippen LogP contribution in [0.1, 0.15) is 13.3 Å². The van der Waals surface area contributed by atoms with E-state index in [-0.39, 0.29) is 12.6 Å². The lowest BCUT2D eigenvalue weighted by molar-refractivity contribution is -0.148. The van der Waals surface area contributed by atoms with Crippen LogP contribution in [0.2, 0.25) is 0 Å². The van der Waals surface area contributed by atoms with Crippen molar-refractivity contribution in [3.05, 3.63) is 0 Å². The Hall–Kier alpha value is -1.34. The molecule has 1 aliphatic heterocycles. The molecule has 0 bridgehead atoms. The lowest BCUT2D eigenvalue weighted by atomic mass is 10.3. The number of amides is 2. The van der Waals surface area contributed by atoms with Crippen molar-refractivity contribution >= 4 is 12.0 Å². The zero-order chi connectivity index (χ0) is 14.3. The Balaban J connectivity index is 2.29. The first-order valence-corrected chi connectivity index (χ1v) is 6.59. The second kappa shape index (κ2) is 7.96. The van der Waals surface area contributed by atoms with E-state index >= 15 is 0 Å². The SMILES string of the molecule is CCCN1CCN(C(=O)NCC(OC)C(=O)O)CC1. The Morgan fingerprint density at radius 2 is 1.95 bits per heavy atom. The van der Waals surface area contributed by atoms with Gasteiger partial charge in [-0.3, -0.25) is 4.90 Å². The summed E-state index contributed by atoms with van der Waals surface area (Å²) in [5.74, 6) is -1.07. The summed E-state index contributed by atoms with van der Waals surface area (Å²) in [7, 11) is 1.31. The van der Waals surface area contributed by atoms with Crippen LogP contribution in [-0.2, 0) is 9.53 Å². The van der Waals surface area contributed by atoms with Gasteiger partial charge in [0.1, 0.15) is 0 Å². The van der Waals surface area contributed by atoms with Crippen molar-refractivity contribution < 1.29 is 19.4 Å². The van der Waals surface area contributed by atoms with Crippen molar-refractivity contribution in [2.24, 2.45) is 0 Å². The number of carbonyl (C=O) groups excluding carboxylic acids is 1. The van der Waals surface area contributed by atoms with Crippen LogP contribution in [0.15, 0.2) is 0 Å². The van der Waals surface area contributed by atoms with Crippen molar-refractivity contribution in [3.8, 4) is 0 Å². The Morgan fingerprint density at radius 1 is 1.32 bits per heavy atom. The summed E-state index contributed by atoms with van der Waals surface area (Å²) in [5, 5.41) is 11.4. The molecule has 0 aromatic carbocycles. The third-order valence-corrected chi connectivity index (χ3v) is 3.20. The van der Waals surface area contributed by atoms with E-state index in [4.69, 9.17) is 9.84 Å². The third kappa shape index (κ3) is 5.04. The molecule has 2 N–H and O–H groups in total. The summed E-state index contributed by atoms with van der Waals surface area (Å²) >= 11 is 0. The van der Waals surface area contributed by atoms with E-state index in [2.05, 4.69) is 17.1 Å². The van der Waals surface area contributed by atoms with E-state index in [0.29, 0.717) is 13.1 Å². The molecule has 1 fully saturated rings. The molecular weight excluding hydrogens is 250 g/mol. The number of ether oxygens (including phenoxy) is 1. The summed E-state index contributed by atoms with van der Waals surface area (Å²) in [6.45, 7) is 6.27. The summed E-state index contributed by atoms with van der Waals surface area (Å²) < 4.78 is 4.76. The van der Waals surface area contributed by atoms with Crippen LogP contribution < -0.4 is 5.32 Å². The van der Waals surface area contributed by atoms with Crippen LogP contribution in [0.25, 0.3) is 0 Å². The molecule has 0 saturated carbocycles. The first-order valence-electron chi connectivity index (χ1n) is 6.59. The fraction of sp³-hybridized carbons (Fsp3) is 0.833. The summed E-state index contributed by atoms with van der Waals surface area (Å²) in [6, 6.07) is -0.223. The molecule has 2 amide bonds. The standard InChI is InChI=1S/C12H23N3O4/c1-3-4-14-5-7-15(8-6-14)12(18)13-9-10(19-2)11(16)17/h10H,3-9H2,1-2H3,(H,13,18)(H,16,17). The Bertz CT molecular complexity index is 303. The molecule has 0 aromatic rings. The van der Waals surface area contributed by atoms with Crippen molar-refractivity contribution in [1.29, 1.82) is 0 Å². The highest BCUT2D eigenvalue weighted by atomic mass is 16.5. The molecule has 0 radical (unpaired) electrons. The van der Waals surface area contributed by atoms with Gasteiger partial charge >= 0.3 is 12.0 Å². The normalized spacial score (nSPS) is 18.1. The largest absolute Gasteiger partial charge is 0.479 e. The van der Waals surface area contributed by atoms with Crippen LogP contribution in [-0.4, -0.2) is 79.4 Å². The highest BCUT2D eigenvalue weighted by Crippen LogP contribution is 2.02. The first-order chi connectivity index (χ1) is 9.08. The van der Waals surface area contributed by atoms with Crippen molar-refractivity contribution in [3.63, 3.8) is 0 Å². The van der Waals surface area contributed by atoms with Crippen LogP contribution in [0.3, 0.4) is 0 Å². The molecule has 0 spiro atoms. The second-order valence-electron chi connectivity index (χ2n) is 4.58. The molecule has 1 rings (SSSR count). The van der Waals surface area contributed by atoms with E-state index in [9.17, 15) is 9.59 Å². The van der Waals surface area contributed by atoms with Gasteiger partial charge in [0.15, 0.2) is 6.10 Å². The van der Waals surface area contributed by atoms with E-state index < -0.39 is 12.1 Å². The summed E-state index contributed by atoms with van der Waals surface area (Å²) in [5.41, 5.74) is 0. The van der Waals surface area contributed by atoms with Crippen LogP contribution in [0.4, 0.5) is 4.79 Å². The average molecular weight is 273 g/mol. The van der Waals surface area contributed by atoms with Gasteiger partial charge in [-0.25, -0.2) is 9.59 Å². The molecule has 7 nitrogen and oxygen atoms in total. The fourth-order valence-corrected chi connectivity index (χ4v) is 2.05. The molecule has 1 unspecified atom stereocenters. The van der Waals surface area contributed by atoms with Gasteiger partial charge in [-0.15, -0.1) is 0 Å². The minimum Gasteiger partial charge on any atom is -0.479 e. The maximum Gasteiger partial charge on any atom is 0.334 e. The molecular formula is C12H23N3O4. The van der Waals surface area contributed by atoms with Gasteiger partial charge < -0.3 is 20.1 Å². The molecule has 0 aliphatic carbocycles. The highest BCUT2D eigenvalue weighted by molar-refractivity contribution is 5.77. The van der Waals surface area contributed by atoms with Gasteiger partial charge in [-0.1, -0.05) is 6.92 Å². The number of carbonyl (C=O) groups is 2. The predicted octanol–water partition coefficient (Wildman–Crippen LogP) is -0.177. The molecule has 0 aromatic heterocycles. The number of nitrogens with zero attached hydrogens (tertiary/aromatic N) is 2. The third-order valence-electron chi connectivity index (χ3n) is 3.20. The van der Waals surface area contributed by atoms with Crippen LogP contribution >= 0.6 is 0 Å². The number of hydrogen-bond acceptors (Lipinski definition) is 4. The minimum atomic E-state index is -1.07. The molecule has 1 heterocycles. The molecule has 1 saturated heterocycles. The smallest absolute Gasteiger partial charge is 0.334 e. The van der Waals surface area contributed by atoms with Crippen LogP contribution in [0.5, 0.6) is 0 Å². The predicted molar refractivity (Wildman–Crippen MR) is 70.1 cm³/mol. The minimum absolute atomic E-state index is 0.0140.